The monoisotopic (exact) mass is 243 g/mol. The Morgan fingerprint density at radius 2 is 1.94 bits per heavy atom. The zero-order valence-electron chi connectivity index (χ0n) is 10.5. The molecule has 2 amide bonds. The molecule has 0 N–H and O–H groups in total. The molecule has 1 aliphatic rings. The Labute approximate surface area is 104 Å². The predicted octanol–water partition coefficient (Wildman–Crippen LogP) is 2.10. The van der Waals surface area contributed by atoms with E-state index in [0.29, 0.717) is 12.1 Å². The van der Waals surface area contributed by atoms with Crippen molar-refractivity contribution in [2.24, 2.45) is 0 Å². The van der Waals surface area contributed by atoms with Crippen molar-refractivity contribution >= 4 is 23.0 Å². The van der Waals surface area contributed by atoms with E-state index in [1.807, 2.05) is 26.0 Å². The number of aryl methyl sites for hydroxylation is 2. The number of hydrogen-bond donors (Lipinski definition) is 0. The minimum Gasteiger partial charge on any atom is -0.265 e. The van der Waals surface area contributed by atoms with Crippen LogP contribution in [0, 0.1) is 13.8 Å². The van der Waals surface area contributed by atoms with Crippen molar-refractivity contribution in [2.75, 3.05) is 6.54 Å². The van der Waals surface area contributed by atoms with Crippen LogP contribution in [-0.4, -0.2) is 32.9 Å². The van der Waals surface area contributed by atoms with Crippen molar-refractivity contribution in [3.05, 3.63) is 29.1 Å². The van der Waals surface area contributed by atoms with Crippen molar-refractivity contribution in [2.45, 2.75) is 20.8 Å². The van der Waals surface area contributed by atoms with Gasteiger partial charge in [0.2, 0.25) is 5.82 Å². The Kier molecular flexibility index (Phi) is 2.08. The second-order valence-electron chi connectivity index (χ2n) is 4.48. The average molecular weight is 243 g/mol. The van der Waals surface area contributed by atoms with E-state index >= 15 is 0 Å². The molecular formula is C13H13N3O2. The normalized spacial score (nSPS) is 14.7. The first kappa shape index (κ1) is 11.0. The lowest BCUT2D eigenvalue weighted by atomic mass is 10.1. The molecule has 0 bridgehead atoms. The lowest BCUT2D eigenvalue weighted by molar-refractivity contribution is 0.0834. The maximum atomic E-state index is 12.1. The second-order valence-corrected chi connectivity index (χ2v) is 4.48. The van der Waals surface area contributed by atoms with Gasteiger partial charge in [-0.3, -0.25) is 9.69 Å². The van der Waals surface area contributed by atoms with E-state index in [0.717, 1.165) is 16.6 Å². The molecule has 0 fully saturated rings. The summed E-state index contributed by atoms with van der Waals surface area (Å²) in [6, 6.07) is 3.49. The summed E-state index contributed by atoms with van der Waals surface area (Å²) >= 11 is 0. The molecule has 5 nitrogen and oxygen atoms in total. The first-order chi connectivity index (χ1) is 8.56. The first-order valence-corrected chi connectivity index (χ1v) is 5.91. The fourth-order valence-corrected chi connectivity index (χ4v) is 2.32. The maximum Gasteiger partial charge on any atom is 0.337 e. The van der Waals surface area contributed by atoms with Crippen LogP contribution in [-0.2, 0) is 0 Å². The summed E-state index contributed by atoms with van der Waals surface area (Å²) in [5.41, 5.74) is 3.56. The minimum absolute atomic E-state index is 0.227. The third-order valence-corrected chi connectivity index (χ3v) is 3.53. The molecule has 1 aromatic carbocycles. The van der Waals surface area contributed by atoms with Gasteiger partial charge in [-0.1, -0.05) is 6.07 Å². The van der Waals surface area contributed by atoms with Crippen LogP contribution >= 0.6 is 0 Å². The van der Waals surface area contributed by atoms with E-state index in [1.165, 1.54) is 9.47 Å². The Hall–Kier alpha value is -2.17. The highest BCUT2D eigenvalue weighted by Crippen LogP contribution is 2.27. The van der Waals surface area contributed by atoms with Crippen LogP contribution in [0.5, 0.6) is 0 Å². The Balaban J connectivity index is 2.36. The highest BCUT2D eigenvalue weighted by atomic mass is 16.2. The van der Waals surface area contributed by atoms with Gasteiger partial charge in [-0.15, -0.1) is 0 Å². The molecule has 0 radical (unpaired) electrons. The van der Waals surface area contributed by atoms with E-state index in [1.54, 1.807) is 6.92 Å². The Bertz CT molecular complexity index is 700. The zero-order valence-corrected chi connectivity index (χ0v) is 10.5. The Morgan fingerprint density at radius 1 is 1.22 bits per heavy atom. The average Bonchev–Trinajstić information content (AvgIpc) is 2.83. The van der Waals surface area contributed by atoms with Gasteiger partial charge < -0.3 is 0 Å². The molecule has 2 aromatic rings. The molecule has 0 spiro atoms. The van der Waals surface area contributed by atoms with Crippen LogP contribution in [0.15, 0.2) is 12.1 Å². The largest absolute Gasteiger partial charge is 0.337 e. The number of fused-ring (bicyclic) bond motifs is 3. The van der Waals surface area contributed by atoms with Gasteiger partial charge in [0.25, 0.3) is 5.91 Å². The fraction of sp³-hybridized carbons (Fsp3) is 0.308. The van der Waals surface area contributed by atoms with Gasteiger partial charge in [-0.25, -0.2) is 14.3 Å². The summed E-state index contributed by atoms with van der Waals surface area (Å²) < 4.78 is 1.41. The van der Waals surface area contributed by atoms with Gasteiger partial charge in [0.15, 0.2) is 0 Å². The third-order valence-electron chi connectivity index (χ3n) is 3.53. The molecule has 3 rings (SSSR count). The topological polar surface area (TPSA) is 55.2 Å². The highest BCUT2D eigenvalue weighted by molar-refractivity contribution is 6.14. The van der Waals surface area contributed by atoms with Gasteiger partial charge in [0.1, 0.15) is 0 Å². The van der Waals surface area contributed by atoms with Gasteiger partial charge in [-0.05, 0) is 38.0 Å². The standard InChI is InChI=1S/C13H13N3O2/c1-4-15-12(17)11-14-10-8(3)7(2)5-6-9(10)16(11)13(15)18/h5-6H,4H2,1-3H3. The van der Waals surface area contributed by atoms with Crippen molar-refractivity contribution in [1.29, 1.82) is 0 Å². The van der Waals surface area contributed by atoms with Gasteiger partial charge in [0, 0.05) is 6.54 Å². The molecule has 0 saturated carbocycles. The summed E-state index contributed by atoms with van der Waals surface area (Å²) in [7, 11) is 0. The molecule has 0 atom stereocenters. The number of amides is 2. The summed E-state index contributed by atoms with van der Waals surface area (Å²) in [6.07, 6.45) is 0. The SMILES string of the molecule is CCN1C(=O)c2nc3c(C)c(C)ccc3n2C1=O. The third kappa shape index (κ3) is 1.13. The van der Waals surface area contributed by atoms with E-state index in [-0.39, 0.29) is 17.8 Å². The molecule has 92 valence electrons. The molecule has 0 saturated heterocycles. The van der Waals surface area contributed by atoms with Crippen molar-refractivity contribution < 1.29 is 9.59 Å². The van der Waals surface area contributed by atoms with Gasteiger partial charge >= 0.3 is 6.03 Å². The number of hydrogen-bond acceptors (Lipinski definition) is 3. The molecule has 18 heavy (non-hydrogen) atoms. The van der Waals surface area contributed by atoms with Crippen LogP contribution in [0.2, 0.25) is 0 Å². The van der Waals surface area contributed by atoms with Crippen molar-refractivity contribution in [1.82, 2.24) is 14.5 Å². The number of nitrogens with zero attached hydrogens (tertiary/aromatic N) is 3. The summed E-state index contributed by atoms with van der Waals surface area (Å²) in [5, 5.41) is 0. The molecule has 5 heteroatoms. The van der Waals surface area contributed by atoms with Crippen LogP contribution in [0.3, 0.4) is 0 Å². The van der Waals surface area contributed by atoms with E-state index in [4.69, 9.17) is 0 Å². The van der Waals surface area contributed by atoms with Crippen LogP contribution in [0.4, 0.5) is 4.79 Å². The number of carbonyl (C=O) groups excluding carboxylic acids is 2. The van der Waals surface area contributed by atoms with E-state index < -0.39 is 0 Å². The van der Waals surface area contributed by atoms with Crippen LogP contribution in [0.1, 0.15) is 28.7 Å². The number of imide groups is 1. The van der Waals surface area contributed by atoms with E-state index in [9.17, 15) is 9.59 Å². The molecular weight excluding hydrogens is 230 g/mol. The quantitative estimate of drug-likeness (QED) is 0.770. The minimum atomic E-state index is -0.309. The van der Waals surface area contributed by atoms with Crippen LogP contribution in [0.25, 0.3) is 11.0 Å². The summed E-state index contributed by atoms with van der Waals surface area (Å²) in [4.78, 5) is 29.7. The number of carbonyl (C=O) groups is 2. The fourth-order valence-electron chi connectivity index (χ4n) is 2.32. The number of rotatable bonds is 1. The first-order valence-electron chi connectivity index (χ1n) is 5.91. The summed E-state index contributed by atoms with van der Waals surface area (Å²) in [6.45, 7) is 6.08. The number of benzene rings is 1. The number of aromatic nitrogens is 2. The second kappa shape index (κ2) is 3.41. The smallest absolute Gasteiger partial charge is 0.265 e. The molecule has 0 unspecified atom stereocenters. The van der Waals surface area contributed by atoms with Gasteiger partial charge in [-0.2, -0.15) is 0 Å². The Morgan fingerprint density at radius 3 is 2.61 bits per heavy atom. The van der Waals surface area contributed by atoms with Gasteiger partial charge in [0.05, 0.1) is 11.0 Å². The zero-order chi connectivity index (χ0) is 13.0. The maximum absolute atomic E-state index is 12.1. The molecule has 1 aliphatic heterocycles. The summed E-state index contributed by atoms with van der Waals surface area (Å²) in [5.74, 6) is -0.0821. The lowest BCUT2D eigenvalue weighted by Gasteiger charge is -2.09. The lowest BCUT2D eigenvalue weighted by Crippen LogP contribution is -2.30. The van der Waals surface area contributed by atoms with Crippen LogP contribution < -0.4 is 0 Å². The number of imidazole rings is 1. The molecule has 0 aliphatic carbocycles. The molecule has 2 heterocycles. The van der Waals surface area contributed by atoms with E-state index in [2.05, 4.69) is 4.98 Å². The predicted molar refractivity (Wildman–Crippen MR) is 66.7 cm³/mol. The van der Waals surface area contributed by atoms with Crippen molar-refractivity contribution in [3.8, 4) is 0 Å². The highest BCUT2D eigenvalue weighted by Gasteiger charge is 2.37. The molecule has 1 aromatic heterocycles. The van der Waals surface area contributed by atoms with Crippen molar-refractivity contribution in [3.63, 3.8) is 0 Å².